The van der Waals surface area contributed by atoms with Gasteiger partial charge in [0.15, 0.2) is 5.76 Å². The predicted octanol–water partition coefficient (Wildman–Crippen LogP) is 1.11. The van der Waals surface area contributed by atoms with Crippen molar-refractivity contribution in [2.75, 3.05) is 0 Å². The maximum absolute atomic E-state index is 11.5. The summed E-state index contributed by atoms with van der Waals surface area (Å²) < 4.78 is 30.0. The first-order valence-electron chi connectivity index (χ1n) is 5.33. The molecular weight excluding hydrogens is 266 g/mol. The van der Waals surface area contributed by atoms with Crippen LogP contribution >= 0.6 is 0 Å². The van der Waals surface area contributed by atoms with Gasteiger partial charge in [-0.2, -0.15) is 0 Å². The lowest BCUT2D eigenvalue weighted by Crippen LogP contribution is -2.20. The third-order valence-electron chi connectivity index (χ3n) is 2.59. The van der Waals surface area contributed by atoms with E-state index in [0.717, 1.165) is 0 Å². The molecule has 1 aromatic heterocycles. The molecule has 1 amide bonds. The number of benzene rings is 1. The van der Waals surface area contributed by atoms with Crippen LogP contribution in [0.5, 0.6) is 0 Å². The van der Waals surface area contributed by atoms with Gasteiger partial charge in [-0.25, -0.2) is 13.1 Å². The Morgan fingerprint density at radius 3 is 2.74 bits per heavy atom. The van der Waals surface area contributed by atoms with E-state index in [1.807, 2.05) is 4.72 Å². The van der Waals surface area contributed by atoms with Crippen molar-refractivity contribution in [3.05, 3.63) is 53.5 Å². The molecule has 6 heteroatoms. The third-order valence-corrected chi connectivity index (χ3v) is 3.98. The van der Waals surface area contributed by atoms with Crippen LogP contribution in [-0.2, 0) is 10.0 Å². The van der Waals surface area contributed by atoms with Crippen LogP contribution in [0, 0.1) is 11.8 Å². The topological polar surface area (TPSA) is 76.4 Å². The first-order valence-corrected chi connectivity index (χ1v) is 6.81. The van der Waals surface area contributed by atoms with E-state index < -0.39 is 15.9 Å². The van der Waals surface area contributed by atoms with Crippen molar-refractivity contribution < 1.29 is 17.6 Å². The molecule has 5 nitrogen and oxygen atoms in total. The van der Waals surface area contributed by atoms with Gasteiger partial charge in [0, 0.05) is 5.56 Å². The number of carbonyl (C=O) groups is 1. The molecule has 0 saturated carbocycles. The van der Waals surface area contributed by atoms with Crippen LogP contribution < -0.4 is 4.72 Å². The van der Waals surface area contributed by atoms with Crippen molar-refractivity contribution in [3.8, 4) is 11.8 Å². The molecule has 1 aliphatic heterocycles. The Balaban J connectivity index is 2.04. The quantitative estimate of drug-likeness (QED) is 0.729. The normalized spacial score (nSPS) is 15.3. The first-order chi connectivity index (χ1) is 9.06. The van der Waals surface area contributed by atoms with E-state index >= 15 is 0 Å². The van der Waals surface area contributed by atoms with Crippen LogP contribution in [-0.4, -0.2) is 14.3 Å². The number of hydrogen-bond donors (Lipinski definition) is 1. The Hall–Kier alpha value is -2.52. The van der Waals surface area contributed by atoms with Crippen molar-refractivity contribution in [1.82, 2.24) is 4.72 Å². The van der Waals surface area contributed by atoms with Gasteiger partial charge in [-0.05, 0) is 36.3 Å². The Bertz CT molecular complexity index is 823. The highest BCUT2D eigenvalue weighted by Gasteiger charge is 2.32. The lowest BCUT2D eigenvalue weighted by molar-refractivity contribution is 0.0985. The summed E-state index contributed by atoms with van der Waals surface area (Å²) in [6.07, 6.45) is 1.51. The summed E-state index contributed by atoms with van der Waals surface area (Å²) >= 11 is 0. The van der Waals surface area contributed by atoms with Crippen molar-refractivity contribution in [2.45, 2.75) is 4.90 Å². The van der Waals surface area contributed by atoms with Crippen LogP contribution in [0.3, 0.4) is 0 Å². The summed E-state index contributed by atoms with van der Waals surface area (Å²) in [4.78, 5) is 11.5. The van der Waals surface area contributed by atoms with E-state index in [1.54, 1.807) is 18.2 Å². The van der Waals surface area contributed by atoms with Gasteiger partial charge in [0.25, 0.3) is 15.9 Å². The van der Waals surface area contributed by atoms with Gasteiger partial charge in [0.05, 0.1) is 11.8 Å². The highest BCUT2D eigenvalue weighted by atomic mass is 32.2. The highest BCUT2D eigenvalue weighted by Crippen LogP contribution is 2.23. The lowest BCUT2D eigenvalue weighted by atomic mass is 10.1. The Morgan fingerprint density at radius 1 is 1.16 bits per heavy atom. The van der Waals surface area contributed by atoms with Crippen molar-refractivity contribution >= 4 is 15.9 Å². The minimum absolute atomic E-state index is 0.0129. The molecule has 2 aromatic rings. The molecule has 0 spiro atoms. The molecule has 0 bridgehead atoms. The zero-order valence-electron chi connectivity index (χ0n) is 9.51. The minimum Gasteiger partial charge on any atom is -0.456 e. The van der Waals surface area contributed by atoms with Crippen LogP contribution in [0.4, 0.5) is 0 Å². The average Bonchev–Trinajstić information content (AvgIpc) is 2.95. The fourth-order valence-corrected chi connectivity index (χ4v) is 2.89. The van der Waals surface area contributed by atoms with E-state index in [-0.39, 0.29) is 10.5 Å². The standard InChI is InChI=1S/C13H7NO4S/c15-13-11-8-9(3-5-10-2-1-7-18-10)4-6-12(11)19(16,17)14-13/h1-2,4,6-8H,(H,14,15). The molecule has 1 aliphatic rings. The molecule has 94 valence electrons. The fourth-order valence-electron chi connectivity index (χ4n) is 1.73. The SMILES string of the molecule is O=C1NS(=O)(=O)c2ccc(C#Cc3ccco3)cc21. The Labute approximate surface area is 109 Å². The van der Waals surface area contributed by atoms with Crippen molar-refractivity contribution in [1.29, 1.82) is 0 Å². The fraction of sp³-hybridized carbons (Fsp3) is 0. The first kappa shape index (κ1) is 11.6. The zero-order valence-corrected chi connectivity index (χ0v) is 10.3. The van der Waals surface area contributed by atoms with Gasteiger partial charge in [0.2, 0.25) is 0 Å². The summed E-state index contributed by atoms with van der Waals surface area (Å²) in [5, 5.41) is 0. The van der Waals surface area contributed by atoms with Gasteiger partial charge in [-0.15, -0.1) is 0 Å². The summed E-state index contributed by atoms with van der Waals surface area (Å²) in [5.74, 6) is 5.45. The Kier molecular flexibility index (Phi) is 2.44. The van der Waals surface area contributed by atoms with Gasteiger partial charge < -0.3 is 4.42 Å². The summed E-state index contributed by atoms with van der Waals surface area (Å²) in [6.45, 7) is 0. The molecule has 0 fully saturated rings. The molecule has 0 radical (unpaired) electrons. The van der Waals surface area contributed by atoms with Crippen molar-refractivity contribution in [2.24, 2.45) is 0 Å². The summed E-state index contributed by atoms with van der Waals surface area (Å²) in [7, 11) is -3.70. The molecule has 1 N–H and O–H groups in total. The van der Waals surface area contributed by atoms with E-state index in [0.29, 0.717) is 11.3 Å². The molecule has 0 aliphatic carbocycles. The van der Waals surface area contributed by atoms with Crippen LogP contribution in [0.15, 0.2) is 45.9 Å². The lowest BCUT2D eigenvalue weighted by Gasteiger charge is -1.95. The number of fused-ring (bicyclic) bond motifs is 1. The number of hydrogen-bond acceptors (Lipinski definition) is 4. The third kappa shape index (κ3) is 2.00. The second-order valence-electron chi connectivity index (χ2n) is 3.87. The van der Waals surface area contributed by atoms with E-state index in [4.69, 9.17) is 4.42 Å². The molecule has 0 atom stereocenters. The summed E-state index contributed by atoms with van der Waals surface area (Å²) in [6, 6.07) is 7.79. The maximum Gasteiger partial charge on any atom is 0.266 e. The highest BCUT2D eigenvalue weighted by molar-refractivity contribution is 7.90. The van der Waals surface area contributed by atoms with Gasteiger partial charge in [-0.1, -0.05) is 5.92 Å². The summed E-state index contributed by atoms with van der Waals surface area (Å²) in [5.41, 5.74) is 0.661. The van der Waals surface area contributed by atoms with Crippen LogP contribution in [0.2, 0.25) is 0 Å². The molecule has 0 saturated heterocycles. The van der Waals surface area contributed by atoms with Gasteiger partial charge >= 0.3 is 0 Å². The second kappa shape index (κ2) is 4.00. The number of carbonyl (C=O) groups excluding carboxylic acids is 1. The number of amides is 1. The number of nitrogens with one attached hydrogen (secondary N) is 1. The largest absolute Gasteiger partial charge is 0.456 e. The van der Waals surface area contributed by atoms with Crippen molar-refractivity contribution in [3.63, 3.8) is 0 Å². The molecule has 19 heavy (non-hydrogen) atoms. The number of furan rings is 1. The molecular formula is C13H7NO4S. The van der Waals surface area contributed by atoms with Gasteiger partial charge in [0.1, 0.15) is 4.90 Å². The van der Waals surface area contributed by atoms with E-state index in [2.05, 4.69) is 11.8 Å². The minimum atomic E-state index is -3.70. The average molecular weight is 273 g/mol. The monoisotopic (exact) mass is 273 g/mol. The zero-order chi connectivity index (χ0) is 13.5. The van der Waals surface area contributed by atoms with E-state index in [1.165, 1.54) is 18.4 Å². The van der Waals surface area contributed by atoms with Gasteiger partial charge in [-0.3, -0.25) is 4.79 Å². The number of rotatable bonds is 0. The second-order valence-corrected chi connectivity index (χ2v) is 5.52. The van der Waals surface area contributed by atoms with Crippen LogP contribution in [0.1, 0.15) is 21.7 Å². The number of sulfonamides is 1. The molecule has 2 heterocycles. The van der Waals surface area contributed by atoms with Crippen LogP contribution in [0.25, 0.3) is 0 Å². The predicted molar refractivity (Wildman–Crippen MR) is 65.8 cm³/mol. The molecule has 0 unspecified atom stereocenters. The maximum atomic E-state index is 11.5. The smallest absolute Gasteiger partial charge is 0.266 e. The Morgan fingerprint density at radius 2 is 2.00 bits per heavy atom. The molecule has 1 aromatic carbocycles. The molecule has 3 rings (SSSR count). The van der Waals surface area contributed by atoms with E-state index in [9.17, 15) is 13.2 Å².